The highest BCUT2D eigenvalue weighted by atomic mass is 32.2. The first-order valence-corrected chi connectivity index (χ1v) is 11.7. The number of hydrogen-bond acceptors (Lipinski definition) is 4. The fourth-order valence-corrected chi connectivity index (χ4v) is 5.61. The number of carbonyl (C=O) groups is 1. The summed E-state index contributed by atoms with van der Waals surface area (Å²) < 4.78 is 23.7. The van der Waals surface area contributed by atoms with Crippen molar-refractivity contribution in [2.45, 2.75) is 60.8 Å². The maximum absolute atomic E-state index is 12.7. The van der Waals surface area contributed by atoms with Gasteiger partial charge in [-0.2, -0.15) is 0 Å². The van der Waals surface area contributed by atoms with Crippen LogP contribution in [-0.2, 0) is 21.1 Å². The molecule has 2 fully saturated rings. The highest BCUT2D eigenvalue weighted by Gasteiger charge is 2.45. The number of thioether (sulfide) groups is 1. The molecule has 132 valence electrons. The number of piperidine rings is 1. The van der Waals surface area contributed by atoms with Crippen molar-refractivity contribution in [2.75, 3.05) is 12.5 Å². The highest BCUT2D eigenvalue weighted by molar-refractivity contribution is 7.98. The highest BCUT2D eigenvalue weighted by Crippen LogP contribution is 2.38. The Kier molecular flexibility index (Phi) is 5.25. The van der Waals surface area contributed by atoms with E-state index in [-0.39, 0.29) is 23.2 Å². The van der Waals surface area contributed by atoms with E-state index in [9.17, 15) is 13.2 Å². The minimum Gasteiger partial charge on any atom is -0.337 e. The van der Waals surface area contributed by atoms with E-state index < -0.39 is 9.84 Å². The fourth-order valence-electron chi connectivity index (χ4n) is 4.06. The molecule has 4 nitrogen and oxygen atoms in total. The van der Waals surface area contributed by atoms with E-state index in [0.29, 0.717) is 19.3 Å². The second-order valence-electron chi connectivity index (χ2n) is 6.96. The molecule has 2 heterocycles. The molecule has 24 heavy (non-hydrogen) atoms. The minimum atomic E-state index is -3.00. The molecule has 2 aliphatic rings. The minimum absolute atomic E-state index is 0.120. The topological polar surface area (TPSA) is 54.5 Å². The first-order valence-electron chi connectivity index (χ1n) is 8.51. The predicted molar refractivity (Wildman–Crippen MR) is 98.1 cm³/mol. The number of aryl methyl sites for hydroxylation is 1. The van der Waals surface area contributed by atoms with Crippen LogP contribution in [-0.4, -0.2) is 49.1 Å². The van der Waals surface area contributed by atoms with Gasteiger partial charge in [0.05, 0.1) is 5.25 Å². The van der Waals surface area contributed by atoms with Crippen molar-refractivity contribution in [1.29, 1.82) is 0 Å². The Labute approximate surface area is 148 Å². The van der Waals surface area contributed by atoms with Gasteiger partial charge in [-0.25, -0.2) is 8.42 Å². The van der Waals surface area contributed by atoms with Gasteiger partial charge < -0.3 is 4.90 Å². The van der Waals surface area contributed by atoms with E-state index in [1.165, 1.54) is 16.7 Å². The Morgan fingerprint density at radius 1 is 1.17 bits per heavy atom. The number of benzene rings is 1. The van der Waals surface area contributed by atoms with Crippen molar-refractivity contribution < 1.29 is 13.2 Å². The van der Waals surface area contributed by atoms with Crippen LogP contribution in [0.1, 0.15) is 37.7 Å². The van der Waals surface area contributed by atoms with Crippen LogP contribution in [0.15, 0.2) is 29.2 Å². The van der Waals surface area contributed by atoms with Gasteiger partial charge in [-0.15, -0.1) is 11.8 Å². The lowest BCUT2D eigenvalue weighted by molar-refractivity contribution is -0.135. The molecule has 2 atom stereocenters. The maximum atomic E-state index is 12.7. The van der Waals surface area contributed by atoms with Crippen LogP contribution in [0.4, 0.5) is 0 Å². The zero-order valence-corrected chi connectivity index (χ0v) is 15.9. The summed E-state index contributed by atoms with van der Waals surface area (Å²) in [7, 11) is -3.00. The van der Waals surface area contributed by atoms with E-state index in [2.05, 4.69) is 30.5 Å². The molecule has 1 aromatic rings. The molecule has 1 aromatic carbocycles. The first-order chi connectivity index (χ1) is 11.4. The third-order valence-corrected chi connectivity index (χ3v) is 7.71. The van der Waals surface area contributed by atoms with Gasteiger partial charge in [0.2, 0.25) is 5.91 Å². The largest absolute Gasteiger partial charge is 0.337 e. The Hall–Kier alpha value is -1.01. The van der Waals surface area contributed by atoms with E-state index in [4.69, 9.17) is 0 Å². The predicted octanol–water partition coefficient (Wildman–Crippen LogP) is 2.91. The van der Waals surface area contributed by atoms with Crippen LogP contribution >= 0.6 is 11.8 Å². The molecule has 2 unspecified atom stereocenters. The standard InChI is InChI=1S/C18H25NO3S2/c1-23-16-8-3-13(4-9-16)5-10-18(20)19-14-6-7-15(19)12-17(11-14)24(2,21)22/h3-4,8-9,14-15,17H,5-7,10-12H2,1-2H3. The molecule has 0 radical (unpaired) electrons. The molecule has 0 aliphatic carbocycles. The van der Waals surface area contributed by atoms with Crippen LogP contribution in [0.5, 0.6) is 0 Å². The summed E-state index contributed by atoms with van der Waals surface area (Å²) in [6.45, 7) is 0. The summed E-state index contributed by atoms with van der Waals surface area (Å²) in [6.07, 6.45) is 7.76. The zero-order chi connectivity index (χ0) is 17.3. The van der Waals surface area contributed by atoms with Crippen LogP contribution in [0.2, 0.25) is 0 Å². The number of rotatable bonds is 5. The smallest absolute Gasteiger partial charge is 0.223 e. The normalized spacial score (nSPS) is 26.6. The van der Waals surface area contributed by atoms with Crippen LogP contribution in [0, 0.1) is 0 Å². The van der Waals surface area contributed by atoms with E-state index >= 15 is 0 Å². The first kappa shape index (κ1) is 17.8. The number of sulfone groups is 1. The van der Waals surface area contributed by atoms with Crippen molar-refractivity contribution >= 4 is 27.5 Å². The van der Waals surface area contributed by atoms with Crippen LogP contribution in [0.25, 0.3) is 0 Å². The van der Waals surface area contributed by atoms with Gasteiger partial charge in [-0.3, -0.25) is 4.79 Å². The van der Waals surface area contributed by atoms with Gasteiger partial charge in [0.15, 0.2) is 0 Å². The van der Waals surface area contributed by atoms with Gasteiger partial charge in [0.25, 0.3) is 0 Å². The SMILES string of the molecule is CSc1ccc(CCC(=O)N2C3CCC2CC(S(C)(=O)=O)C3)cc1. The van der Waals surface area contributed by atoms with Crippen LogP contribution in [0.3, 0.4) is 0 Å². The van der Waals surface area contributed by atoms with Crippen molar-refractivity contribution in [2.24, 2.45) is 0 Å². The summed E-state index contributed by atoms with van der Waals surface area (Å²) >= 11 is 1.71. The lowest BCUT2D eigenvalue weighted by Gasteiger charge is -2.38. The molecule has 2 bridgehead atoms. The average Bonchev–Trinajstić information content (AvgIpc) is 2.81. The van der Waals surface area contributed by atoms with Gasteiger partial charge >= 0.3 is 0 Å². The molecule has 1 amide bonds. The zero-order valence-electron chi connectivity index (χ0n) is 14.3. The van der Waals surface area contributed by atoms with Crippen LogP contribution < -0.4 is 0 Å². The lowest BCUT2D eigenvalue weighted by atomic mass is 10.0. The Bertz CT molecular complexity index is 685. The van der Waals surface area contributed by atoms with E-state index in [1.54, 1.807) is 11.8 Å². The quantitative estimate of drug-likeness (QED) is 0.751. The lowest BCUT2D eigenvalue weighted by Crippen LogP contribution is -2.49. The second kappa shape index (κ2) is 7.08. The summed E-state index contributed by atoms with van der Waals surface area (Å²) in [6, 6.07) is 8.59. The molecule has 0 aromatic heterocycles. The van der Waals surface area contributed by atoms with Gasteiger partial charge in [0.1, 0.15) is 9.84 Å². The number of fused-ring (bicyclic) bond motifs is 2. The number of nitrogens with zero attached hydrogens (tertiary/aromatic N) is 1. The van der Waals surface area contributed by atoms with Crippen molar-refractivity contribution in [3.8, 4) is 0 Å². The summed E-state index contributed by atoms with van der Waals surface area (Å²) in [5, 5.41) is -0.266. The Balaban J connectivity index is 1.60. The molecule has 0 saturated carbocycles. The Morgan fingerprint density at radius 3 is 2.25 bits per heavy atom. The monoisotopic (exact) mass is 367 g/mol. The molecule has 0 spiro atoms. The number of carbonyl (C=O) groups excluding carboxylic acids is 1. The van der Waals surface area contributed by atoms with Gasteiger partial charge in [-0.1, -0.05) is 12.1 Å². The molecular weight excluding hydrogens is 342 g/mol. The van der Waals surface area contributed by atoms with Gasteiger partial charge in [0, 0.05) is 29.7 Å². The van der Waals surface area contributed by atoms with Crippen molar-refractivity contribution in [1.82, 2.24) is 4.90 Å². The molecule has 2 saturated heterocycles. The number of hydrogen-bond donors (Lipinski definition) is 0. The average molecular weight is 368 g/mol. The van der Waals surface area contributed by atoms with Crippen molar-refractivity contribution in [3.05, 3.63) is 29.8 Å². The second-order valence-corrected chi connectivity index (χ2v) is 10.2. The summed E-state index contributed by atoms with van der Waals surface area (Å²) in [4.78, 5) is 15.9. The van der Waals surface area contributed by atoms with E-state index in [0.717, 1.165) is 19.3 Å². The van der Waals surface area contributed by atoms with Crippen molar-refractivity contribution in [3.63, 3.8) is 0 Å². The molecule has 2 aliphatic heterocycles. The summed E-state index contributed by atoms with van der Waals surface area (Å²) in [5.41, 5.74) is 1.18. The molecule has 3 rings (SSSR count). The van der Waals surface area contributed by atoms with E-state index in [1.807, 2.05) is 4.90 Å². The molecular formula is C18H25NO3S2. The third-order valence-electron chi connectivity index (χ3n) is 5.37. The third kappa shape index (κ3) is 3.80. The maximum Gasteiger partial charge on any atom is 0.223 e. The Morgan fingerprint density at radius 2 is 1.75 bits per heavy atom. The fraction of sp³-hybridized carbons (Fsp3) is 0.611. The van der Waals surface area contributed by atoms with Gasteiger partial charge in [-0.05, 0) is 56.1 Å². The molecule has 0 N–H and O–H groups in total. The summed E-state index contributed by atoms with van der Waals surface area (Å²) in [5.74, 6) is 0.184. The number of amides is 1. The molecule has 6 heteroatoms.